The van der Waals surface area contributed by atoms with Gasteiger partial charge in [-0.3, -0.25) is 9.59 Å². The Bertz CT molecular complexity index is 1180. The number of aryl methyl sites for hydroxylation is 1. The Kier molecular flexibility index (Phi) is 3.92. The van der Waals surface area contributed by atoms with Gasteiger partial charge in [0.25, 0.3) is 17.2 Å². The van der Waals surface area contributed by atoms with Crippen LogP contribution < -0.4 is 10.9 Å². The SMILES string of the molecule is Cc1noc2nc(-c3ccco3)cc(C(=O)Nc3cc(Br)c[nH]c3=O)c12. The Morgan fingerprint density at radius 1 is 1.35 bits per heavy atom. The Morgan fingerprint density at radius 3 is 2.96 bits per heavy atom. The fourth-order valence-electron chi connectivity index (χ4n) is 2.56. The van der Waals surface area contributed by atoms with Crippen molar-refractivity contribution in [3.63, 3.8) is 0 Å². The van der Waals surface area contributed by atoms with Gasteiger partial charge in [0.05, 0.1) is 22.9 Å². The number of nitrogens with one attached hydrogen (secondary N) is 2. The van der Waals surface area contributed by atoms with Crippen molar-refractivity contribution < 1.29 is 13.7 Å². The first-order chi connectivity index (χ1) is 12.5. The third kappa shape index (κ3) is 2.82. The number of rotatable bonds is 3. The molecule has 0 bridgehead atoms. The molecule has 4 aromatic heterocycles. The normalized spacial score (nSPS) is 11.0. The molecule has 0 unspecified atom stereocenters. The first-order valence-electron chi connectivity index (χ1n) is 7.53. The van der Waals surface area contributed by atoms with Gasteiger partial charge in [-0.15, -0.1) is 0 Å². The van der Waals surface area contributed by atoms with Crippen molar-refractivity contribution in [1.82, 2.24) is 15.1 Å². The highest BCUT2D eigenvalue weighted by molar-refractivity contribution is 9.10. The lowest BCUT2D eigenvalue weighted by Gasteiger charge is -2.07. The van der Waals surface area contributed by atoms with E-state index in [1.807, 2.05) is 0 Å². The number of aromatic amines is 1. The zero-order valence-electron chi connectivity index (χ0n) is 13.4. The summed E-state index contributed by atoms with van der Waals surface area (Å²) < 4.78 is 11.2. The molecule has 0 aliphatic heterocycles. The Morgan fingerprint density at radius 2 is 2.19 bits per heavy atom. The number of fused-ring (bicyclic) bond motifs is 1. The molecule has 0 fully saturated rings. The van der Waals surface area contributed by atoms with E-state index in [1.54, 1.807) is 25.1 Å². The smallest absolute Gasteiger partial charge is 0.271 e. The Labute approximate surface area is 154 Å². The number of furan rings is 1. The van der Waals surface area contributed by atoms with Crippen LogP contribution in [0.15, 0.2) is 54.9 Å². The number of carbonyl (C=O) groups excluding carboxylic acids is 1. The van der Waals surface area contributed by atoms with E-state index in [0.717, 1.165) is 0 Å². The predicted molar refractivity (Wildman–Crippen MR) is 97.0 cm³/mol. The van der Waals surface area contributed by atoms with E-state index < -0.39 is 11.5 Å². The number of hydrogen-bond acceptors (Lipinski definition) is 6. The molecule has 0 spiro atoms. The molecule has 0 saturated heterocycles. The fraction of sp³-hybridized carbons (Fsp3) is 0.0588. The van der Waals surface area contributed by atoms with E-state index in [4.69, 9.17) is 8.94 Å². The van der Waals surface area contributed by atoms with Gasteiger partial charge in [0.15, 0.2) is 5.76 Å². The van der Waals surface area contributed by atoms with Crippen LogP contribution in [-0.2, 0) is 0 Å². The summed E-state index contributed by atoms with van der Waals surface area (Å²) in [6.45, 7) is 1.71. The summed E-state index contributed by atoms with van der Waals surface area (Å²) in [6.07, 6.45) is 3.00. The van der Waals surface area contributed by atoms with Gasteiger partial charge in [-0.05, 0) is 47.1 Å². The molecule has 4 heterocycles. The van der Waals surface area contributed by atoms with Gasteiger partial charge in [-0.1, -0.05) is 5.16 Å². The number of carbonyl (C=O) groups is 1. The zero-order chi connectivity index (χ0) is 18.3. The topological polar surface area (TPSA) is 114 Å². The highest BCUT2D eigenvalue weighted by Crippen LogP contribution is 2.27. The van der Waals surface area contributed by atoms with Gasteiger partial charge >= 0.3 is 0 Å². The summed E-state index contributed by atoms with van der Waals surface area (Å²) in [6, 6.07) is 6.53. The zero-order valence-corrected chi connectivity index (χ0v) is 15.0. The molecule has 8 nitrogen and oxygen atoms in total. The molecule has 9 heteroatoms. The van der Waals surface area contributed by atoms with Gasteiger partial charge < -0.3 is 19.2 Å². The number of pyridine rings is 2. The molecule has 0 atom stereocenters. The van der Waals surface area contributed by atoms with E-state index in [1.165, 1.54) is 18.5 Å². The van der Waals surface area contributed by atoms with Crippen LogP contribution in [0.1, 0.15) is 16.1 Å². The summed E-state index contributed by atoms with van der Waals surface area (Å²) in [5.41, 5.74) is 1.13. The molecule has 130 valence electrons. The summed E-state index contributed by atoms with van der Waals surface area (Å²) in [5.74, 6) is -0.00425. The minimum Gasteiger partial charge on any atom is -0.463 e. The van der Waals surface area contributed by atoms with Crippen molar-refractivity contribution in [1.29, 1.82) is 0 Å². The van der Waals surface area contributed by atoms with Crippen molar-refractivity contribution >= 4 is 38.6 Å². The Balaban J connectivity index is 1.84. The standard InChI is InChI=1S/C17H11BrN4O4/c1-8-14-10(15(23)20-12-5-9(18)7-19-16(12)24)6-11(13-3-2-4-25-13)21-17(14)26-22-8/h2-7H,1H3,(H,19,24)(H,20,23). The fourth-order valence-corrected chi connectivity index (χ4v) is 2.91. The minimum atomic E-state index is -0.486. The van der Waals surface area contributed by atoms with Crippen LogP contribution in [0, 0.1) is 6.92 Å². The molecule has 4 rings (SSSR count). The molecular weight excluding hydrogens is 404 g/mol. The molecule has 2 N–H and O–H groups in total. The van der Waals surface area contributed by atoms with Crippen LogP contribution in [0.25, 0.3) is 22.6 Å². The third-order valence-electron chi connectivity index (χ3n) is 3.75. The number of hydrogen-bond donors (Lipinski definition) is 2. The van der Waals surface area contributed by atoms with E-state index in [-0.39, 0.29) is 17.0 Å². The second-order valence-corrected chi connectivity index (χ2v) is 6.41. The maximum absolute atomic E-state index is 12.9. The van der Waals surface area contributed by atoms with Gasteiger partial charge in [0.2, 0.25) is 0 Å². The second-order valence-electron chi connectivity index (χ2n) is 5.50. The van der Waals surface area contributed by atoms with E-state index in [0.29, 0.717) is 27.0 Å². The van der Waals surface area contributed by atoms with E-state index in [2.05, 4.69) is 36.4 Å². The largest absolute Gasteiger partial charge is 0.463 e. The number of anilines is 1. The lowest BCUT2D eigenvalue weighted by atomic mass is 10.1. The summed E-state index contributed by atoms with van der Waals surface area (Å²) in [5, 5.41) is 6.96. The summed E-state index contributed by atoms with van der Waals surface area (Å²) >= 11 is 3.26. The molecule has 0 aromatic carbocycles. The first kappa shape index (κ1) is 16.3. The molecule has 26 heavy (non-hydrogen) atoms. The van der Waals surface area contributed by atoms with E-state index >= 15 is 0 Å². The maximum atomic E-state index is 12.9. The number of nitrogens with zero attached hydrogens (tertiary/aromatic N) is 2. The Hall–Kier alpha value is -3.20. The molecule has 0 aliphatic carbocycles. The molecule has 1 amide bonds. The molecule has 0 saturated carbocycles. The van der Waals surface area contributed by atoms with E-state index in [9.17, 15) is 9.59 Å². The molecule has 0 aliphatic rings. The van der Waals surface area contributed by atoms with Crippen molar-refractivity contribution in [2.45, 2.75) is 6.92 Å². The lowest BCUT2D eigenvalue weighted by Crippen LogP contribution is -2.20. The van der Waals surface area contributed by atoms with Crippen LogP contribution in [0.3, 0.4) is 0 Å². The maximum Gasteiger partial charge on any atom is 0.271 e. The van der Waals surface area contributed by atoms with Gasteiger partial charge in [0, 0.05) is 10.7 Å². The van der Waals surface area contributed by atoms with Crippen molar-refractivity contribution in [2.75, 3.05) is 5.32 Å². The van der Waals surface area contributed by atoms with Crippen LogP contribution in [0.2, 0.25) is 0 Å². The summed E-state index contributed by atoms with van der Waals surface area (Å²) in [4.78, 5) is 31.6. The number of halogens is 1. The van der Waals surface area contributed by atoms with Crippen LogP contribution in [0.5, 0.6) is 0 Å². The average molecular weight is 415 g/mol. The van der Waals surface area contributed by atoms with Crippen LogP contribution in [0.4, 0.5) is 5.69 Å². The van der Waals surface area contributed by atoms with Crippen molar-refractivity contribution in [2.24, 2.45) is 0 Å². The van der Waals surface area contributed by atoms with Crippen LogP contribution in [-0.4, -0.2) is 21.0 Å². The third-order valence-corrected chi connectivity index (χ3v) is 4.21. The summed E-state index contributed by atoms with van der Waals surface area (Å²) in [7, 11) is 0. The average Bonchev–Trinajstić information content (AvgIpc) is 3.28. The van der Waals surface area contributed by atoms with Gasteiger partial charge in [0.1, 0.15) is 11.4 Å². The van der Waals surface area contributed by atoms with Gasteiger partial charge in [-0.2, -0.15) is 0 Å². The lowest BCUT2D eigenvalue weighted by molar-refractivity contribution is 0.102. The predicted octanol–water partition coefficient (Wildman–Crippen LogP) is 3.49. The number of H-pyrrole nitrogens is 1. The first-order valence-corrected chi connectivity index (χ1v) is 8.32. The van der Waals surface area contributed by atoms with Crippen molar-refractivity contribution in [3.05, 3.63) is 62.8 Å². The van der Waals surface area contributed by atoms with Crippen molar-refractivity contribution in [3.8, 4) is 11.5 Å². The molecule has 4 aromatic rings. The highest BCUT2D eigenvalue weighted by atomic mass is 79.9. The van der Waals surface area contributed by atoms with Crippen LogP contribution >= 0.6 is 15.9 Å². The molecule has 0 radical (unpaired) electrons. The van der Waals surface area contributed by atoms with Gasteiger partial charge in [-0.25, -0.2) is 4.98 Å². The highest BCUT2D eigenvalue weighted by Gasteiger charge is 2.21. The number of amides is 1. The molecular formula is C17H11BrN4O4. The quantitative estimate of drug-likeness (QED) is 0.530. The number of aromatic nitrogens is 3. The monoisotopic (exact) mass is 414 g/mol. The minimum absolute atomic E-state index is 0.114. The second kappa shape index (κ2) is 6.26.